The van der Waals surface area contributed by atoms with Crippen LogP contribution in [0.2, 0.25) is 18.1 Å². The number of aromatic nitrogens is 1. The number of hydrogen-bond acceptors (Lipinski definition) is 4. The second kappa shape index (κ2) is 9.82. The lowest BCUT2D eigenvalue weighted by atomic mass is 9.70. The van der Waals surface area contributed by atoms with Crippen LogP contribution in [0.3, 0.4) is 0 Å². The zero-order valence-corrected chi connectivity index (χ0v) is 26.7. The van der Waals surface area contributed by atoms with E-state index < -0.39 is 8.32 Å². The van der Waals surface area contributed by atoms with Gasteiger partial charge in [0, 0.05) is 22.5 Å². The van der Waals surface area contributed by atoms with E-state index in [0.29, 0.717) is 12.3 Å². The maximum atomic E-state index is 9.18. The van der Waals surface area contributed by atoms with Crippen LogP contribution < -0.4 is 0 Å². The summed E-state index contributed by atoms with van der Waals surface area (Å²) in [4.78, 5) is 5.51. The van der Waals surface area contributed by atoms with Crippen LogP contribution in [0.25, 0.3) is 0 Å². The van der Waals surface area contributed by atoms with Gasteiger partial charge in [-0.3, -0.25) is 4.98 Å². The van der Waals surface area contributed by atoms with Gasteiger partial charge in [-0.05, 0) is 71.8 Å². The third kappa shape index (κ3) is 5.02. The molecule has 3 aliphatic rings. The number of fused-ring (bicyclic) bond motifs is 4. The molecule has 5 rings (SSSR count). The Morgan fingerprint density at radius 3 is 2.31 bits per heavy atom. The van der Waals surface area contributed by atoms with Gasteiger partial charge < -0.3 is 9.16 Å². The molecular formula is C34H48N2O2Si. The van der Waals surface area contributed by atoms with Crippen molar-refractivity contribution < 1.29 is 9.16 Å². The predicted octanol–water partition coefficient (Wildman–Crippen LogP) is 9.20. The Labute approximate surface area is 237 Å². The van der Waals surface area contributed by atoms with E-state index in [1.807, 2.05) is 0 Å². The van der Waals surface area contributed by atoms with Crippen molar-refractivity contribution in [3.63, 3.8) is 0 Å². The molecule has 39 heavy (non-hydrogen) atoms. The fourth-order valence-electron chi connectivity index (χ4n) is 6.92. The summed E-state index contributed by atoms with van der Waals surface area (Å²) >= 11 is 0. The van der Waals surface area contributed by atoms with Crippen LogP contribution in [-0.4, -0.2) is 13.3 Å². The van der Waals surface area contributed by atoms with E-state index >= 15 is 0 Å². The number of ether oxygens (including phenoxy) is 1. The number of nitriles is 1. The van der Waals surface area contributed by atoms with E-state index in [1.54, 1.807) is 0 Å². The van der Waals surface area contributed by atoms with Gasteiger partial charge in [0.1, 0.15) is 6.10 Å². The van der Waals surface area contributed by atoms with Crippen LogP contribution in [0.1, 0.15) is 138 Å². The maximum absolute atomic E-state index is 9.18. The smallest absolute Gasteiger partial charge is 0.192 e. The predicted molar refractivity (Wildman–Crippen MR) is 160 cm³/mol. The van der Waals surface area contributed by atoms with E-state index in [-0.39, 0.29) is 28.3 Å². The maximum Gasteiger partial charge on any atom is 0.192 e. The molecule has 2 aromatic rings. The third-order valence-electron chi connectivity index (χ3n) is 9.91. The van der Waals surface area contributed by atoms with Gasteiger partial charge in [-0.25, -0.2) is 0 Å². The molecule has 2 atom stereocenters. The molecule has 5 heteroatoms. The Bertz CT molecular complexity index is 1270. The molecular weight excluding hydrogens is 496 g/mol. The molecule has 210 valence electrons. The molecule has 0 bridgehead atoms. The summed E-state index contributed by atoms with van der Waals surface area (Å²) in [6.45, 7) is 21.1. The van der Waals surface area contributed by atoms with Crippen LogP contribution in [-0.2, 0) is 27.6 Å². The van der Waals surface area contributed by atoms with Crippen LogP contribution in [0.5, 0.6) is 0 Å². The van der Waals surface area contributed by atoms with Crippen molar-refractivity contribution in [2.45, 2.75) is 135 Å². The fraction of sp³-hybridized carbons (Fsp3) is 0.647. The summed E-state index contributed by atoms with van der Waals surface area (Å²) < 4.78 is 14.6. The van der Waals surface area contributed by atoms with Crippen molar-refractivity contribution in [3.05, 3.63) is 63.5 Å². The van der Waals surface area contributed by atoms with Gasteiger partial charge in [0.2, 0.25) is 0 Å². The highest BCUT2D eigenvalue weighted by atomic mass is 28.4. The molecule has 0 N–H and O–H groups in total. The number of nitrogens with zero attached hydrogens (tertiary/aromatic N) is 2. The highest BCUT2D eigenvalue weighted by Gasteiger charge is 2.54. The molecule has 1 aromatic heterocycles. The Hall–Kier alpha value is -2.00. The lowest BCUT2D eigenvalue weighted by Gasteiger charge is -2.45. The molecule has 0 radical (unpaired) electrons. The van der Waals surface area contributed by atoms with Gasteiger partial charge in [0.25, 0.3) is 0 Å². The standard InChI is InChI=1S/C34H48N2O2Si/c1-22(2)30-28-29(27-25(36-30)20-33(6,7)21-26(27)38-39(8,9)32(3,4)5)34(17-10-11-18-34)37-31(28)24-14-12-23(13-15-24)16-19-35/h12-15,22,26,31H,10-11,16-18,20-21H2,1-9H3/t26?,31-/m1/s1. The van der Waals surface area contributed by atoms with Gasteiger partial charge in [0.05, 0.1) is 24.2 Å². The van der Waals surface area contributed by atoms with Crippen molar-refractivity contribution in [2.75, 3.05) is 0 Å². The van der Waals surface area contributed by atoms with E-state index in [4.69, 9.17) is 14.1 Å². The molecule has 1 aliphatic heterocycles. The first-order valence-electron chi connectivity index (χ1n) is 15.1. The topological polar surface area (TPSA) is 55.1 Å². The van der Waals surface area contributed by atoms with Gasteiger partial charge in [-0.2, -0.15) is 5.26 Å². The lowest BCUT2D eigenvalue weighted by Crippen LogP contribution is -2.44. The molecule has 1 aromatic carbocycles. The SMILES string of the molecule is CC(C)c1nc2c(c3c1[C@@H](c1ccc(CC#N)cc1)OC31CCCC1)C(O[Si](C)(C)C(C)(C)C)CC(C)(C)C2. The van der Waals surface area contributed by atoms with Crippen molar-refractivity contribution in [3.8, 4) is 6.07 Å². The molecule has 0 saturated heterocycles. The van der Waals surface area contributed by atoms with Crippen LogP contribution in [0, 0.1) is 16.7 Å². The Kier molecular flexibility index (Phi) is 7.18. The molecule has 1 unspecified atom stereocenters. The van der Waals surface area contributed by atoms with Crippen LogP contribution in [0.15, 0.2) is 24.3 Å². The minimum atomic E-state index is -2.03. The zero-order chi connectivity index (χ0) is 28.4. The molecule has 2 heterocycles. The molecule has 4 nitrogen and oxygen atoms in total. The second-order valence-electron chi connectivity index (χ2n) is 15.0. The highest BCUT2D eigenvalue weighted by molar-refractivity contribution is 6.74. The van der Waals surface area contributed by atoms with Crippen molar-refractivity contribution in [1.82, 2.24) is 4.98 Å². The molecule has 0 amide bonds. The largest absolute Gasteiger partial charge is 0.410 e. The Morgan fingerprint density at radius 1 is 1.10 bits per heavy atom. The zero-order valence-electron chi connectivity index (χ0n) is 25.7. The van der Waals surface area contributed by atoms with Crippen LogP contribution in [0.4, 0.5) is 0 Å². The highest BCUT2D eigenvalue weighted by Crippen LogP contribution is 2.60. The summed E-state index contributed by atoms with van der Waals surface area (Å²) in [5, 5.41) is 9.32. The first-order valence-corrected chi connectivity index (χ1v) is 18.0. The van der Waals surface area contributed by atoms with Crippen molar-refractivity contribution in [1.29, 1.82) is 5.26 Å². The van der Waals surface area contributed by atoms with Crippen molar-refractivity contribution in [2.24, 2.45) is 5.41 Å². The lowest BCUT2D eigenvalue weighted by molar-refractivity contribution is -0.0579. The Morgan fingerprint density at radius 2 is 1.74 bits per heavy atom. The summed E-state index contributed by atoms with van der Waals surface area (Å²) in [7, 11) is -2.03. The molecule has 2 aliphatic carbocycles. The number of pyridine rings is 1. The number of rotatable bonds is 5. The van der Waals surface area contributed by atoms with Gasteiger partial charge in [0.15, 0.2) is 8.32 Å². The number of benzene rings is 1. The minimum Gasteiger partial charge on any atom is -0.410 e. The first kappa shape index (κ1) is 28.5. The molecule has 1 saturated carbocycles. The monoisotopic (exact) mass is 544 g/mol. The normalized spacial score (nSPS) is 23.6. The average molecular weight is 545 g/mol. The first-order chi connectivity index (χ1) is 18.2. The van der Waals surface area contributed by atoms with E-state index in [2.05, 4.69) is 91.9 Å². The summed E-state index contributed by atoms with van der Waals surface area (Å²) in [6.07, 6.45) is 6.86. The van der Waals surface area contributed by atoms with Gasteiger partial charge in [-0.1, -0.05) is 85.6 Å². The van der Waals surface area contributed by atoms with Gasteiger partial charge >= 0.3 is 0 Å². The fourth-order valence-corrected chi connectivity index (χ4v) is 8.18. The van der Waals surface area contributed by atoms with Crippen LogP contribution >= 0.6 is 0 Å². The van der Waals surface area contributed by atoms with Gasteiger partial charge in [-0.15, -0.1) is 0 Å². The molecule has 1 spiro atoms. The Balaban J connectivity index is 1.75. The third-order valence-corrected chi connectivity index (χ3v) is 14.4. The van der Waals surface area contributed by atoms with E-state index in [9.17, 15) is 5.26 Å². The quantitative estimate of drug-likeness (QED) is 0.352. The summed E-state index contributed by atoms with van der Waals surface area (Å²) in [6, 6.07) is 10.8. The summed E-state index contributed by atoms with van der Waals surface area (Å²) in [5.41, 5.74) is 8.63. The minimum absolute atomic E-state index is 0.0462. The summed E-state index contributed by atoms with van der Waals surface area (Å²) in [5.74, 6) is 0.300. The van der Waals surface area contributed by atoms with E-state index in [0.717, 1.165) is 31.2 Å². The van der Waals surface area contributed by atoms with E-state index in [1.165, 1.54) is 46.5 Å². The van der Waals surface area contributed by atoms with Crippen molar-refractivity contribution >= 4 is 8.32 Å². The second-order valence-corrected chi connectivity index (χ2v) is 19.7. The molecule has 1 fully saturated rings. The number of hydrogen-bond donors (Lipinski definition) is 0. The average Bonchev–Trinajstić information content (AvgIpc) is 3.43.